The summed E-state index contributed by atoms with van der Waals surface area (Å²) >= 11 is 6.26. The predicted molar refractivity (Wildman–Crippen MR) is 167 cm³/mol. The van der Waals surface area contributed by atoms with E-state index in [2.05, 4.69) is 5.32 Å². The molecule has 0 spiro atoms. The average molecular weight is 623 g/mol. The van der Waals surface area contributed by atoms with Crippen LogP contribution in [-0.4, -0.2) is 68.2 Å². The zero-order valence-electron chi connectivity index (χ0n) is 24.4. The number of sulfonamides is 1. The van der Waals surface area contributed by atoms with Gasteiger partial charge < -0.3 is 15.1 Å². The Labute approximate surface area is 257 Å². The highest BCUT2D eigenvalue weighted by Gasteiger charge is 2.44. The minimum atomic E-state index is -4.33. The number of benzene rings is 3. The number of fused-ring (bicyclic) bond motifs is 1. The van der Waals surface area contributed by atoms with Crippen molar-refractivity contribution < 1.29 is 22.8 Å². The van der Waals surface area contributed by atoms with Crippen LogP contribution in [0.25, 0.3) is 0 Å². The first-order chi connectivity index (χ1) is 20.5. The molecule has 43 heavy (non-hydrogen) atoms. The Morgan fingerprint density at radius 2 is 1.65 bits per heavy atom. The van der Waals surface area contributed by atoms with Crippen LogP contribution in [0.5, 0.6) is 0 Å². The van der Waals surface area contributed by atoms with Crippen molar-refractivity contribution in [1.29, 1.82) is 0 Å². The largest absolute Gasteiger partial charge is 0.341 e. The lowest BCUT2D eigenvalue weighted by Crippen LogP contribution is -2.55. The van der Waals surface area contributed by atoms with Crippen LogP contribution in [0, 0.1) is 13.8 Å². The first kappa shape index (κ1) is 30.6. The fourth-order valence-corrected chi connectivity index (χ4v) is 7.88. The second kappa shape index (κ2) is 12.4. The Balaban J connectivity index is 1.51. The number of anilines is 2. The molecule has 11 heteroatoms. The lowest BCUT2D eigenvalue weighted by molar-refractivity contribution is -0.144. The molecule has 1 fully saturated rings. The number of para-hydroxylation sites is 2. The van der Waals surface area contributed by atoms with Crippen molar-refractivity contribution in [2.45, 2.75) is 56.5 Å². The fourth-order valence-electron chi connectivity index (χ4n) is 5.73. The zero-order valence-corrected chi connectivity index (χ0v) is 26.0. The van der Waals surface area contributed by atoms with Crippen LogP contribution in [0.4, 0.5) is 11.4 Å². The summed E-state index contributed by atoms with van der Waals surface area (Å²) in [5, 5.41) is 3.19. The van der Waals surface area contributed by atoms with E-state index in [1.165, 1.54) is 11.0 Å². The van der Waals surface area contributed by atoms with E-state index < -0.39 is 40.3 Å². The van der Waals surface area contributed by atoms with E-state index in [4.69, 9.17) is 11.6 Å². The highest BCUT2D eigenvalue weighted by atomic mass is 35.5. The molecule has 0 radical (unpaired) electrons. The standard InChI is InChI=1S/C32H35ClN4O5S/c1-21-18-29(22(2)17-24(21)33)43(41,42)37-26-14-8-7-13-25(26)34-31(39)27(37)20-30(38)35(3)28(19-23-11-5-4-6-12-23)32(40)36-15-9-10-16-36/h4-8,11-14,17-18,27-28H,9-10,15-16,19-20H2,1-3H3,(H,34,39)/t27-,28+/m1/s1. The summed E-state index contributed by atoms with van der Waals surface area (Å²) in [5.74, 6) is -1.30. The maximum atomic E-state index is 14.3. The van der Waals surface area contributed by atoms with Crippen molar-refractivity contribution in [3.63, 3.8) is 0 Å². The van der Waals surface area contributed by atoms with Crippen LogP contribution in [0.3, 0.4) is 0 Å². The first-order valence-electron chi connectivity index (χ1n) is 14.3. The van der Waals surface area contributed by atoms with Crippen LogP contribution in [-0.2, 0) is 30.8 Å². The number of likely N-dealkylation sites (N-methyl/N-ethyl adjacent to an activating group) is 1. The molecule has 3 aromatic carbocycles. The third-order valence-electron chi connectivity index (χ3n) is 8.18. The molecule has 2 atom stereocenters. The van der Waals surface area contributed by atoms with Crippen LogP contribution >= 0.6 is 11.6 Å². The van der Waals surface area contributed by atoms with Gasteiger partial charge >= 0.3 is 0 Å². The van der Waals surface area contributed by atoms with E-state index in [9.17, 15) is 22.8 Å². The molecule has 3 aromatic rings. The van der Waals surface area contributed by atoms with E-state index in [-0.39, 0.29) is 16.5 Å². The molecule has 9 nitrogen and oxygen atoms in total. The SMILES string of the molecule is Cc1cc(S(=O)(=O)N2c3ccccc3NC(=O)[C@H]2CC(=O)N(C)[C@@H](Cc2ccccc2)C(=O)N2CCCC2)c(C)cc1Cl. The smallest absolute Gasteiger partial charge is 0.265 e. The molecule has 1 saturated heterocycles. The molecule has 2 heterocycles. The first-order valence-corrected chi connectivity index (χ1v) is 16.1. The Bertz CT molecular complexity index is 1660. The third-order valence-corrected chi connectivity index (χ3v) is 10.6. The van der Waals surface area contributed by atoms with Gasteiger partial charge in [-0.05, 0) is 67.6 Å². The molecule has 0 bridgehead atoms. The van der Waals surface area contributed by atoms with Gasteiger partial charge in [0.05, 0.1) is 22.7 Å². The number of amides is 3. The fraction of sp³-hybridized carbons (Fsp3) is 0.344. The minimum absolute atomic E-state index is 0.00382. The van der Waals surface area contributed by atoms with Crippen LogP contribution in [0.2, 0.25) is 5.02 Å². The number of carbonyl (C=O) groups excluding carboxylic acids is 3. The maximum absolute atomic E-state index is 14.3. The third kappa shape index (κ3) is 6.12. The van der Waals surface area contributed by atoms with Crippen LogP contribution in [0.1, 0.15) is 36.0 Å². The second-order valence-electron chi connectivity index (χ2n) is 11.1. The van der Waals surface area contributed by atoms with E-state index >= 15 is 0 Å². The van der Waals surface area contributed by atoms with Crippen molar-refractivity contribution in [2.75, 3.05) is 29.8 Å². The summed E-state index contributed by atoms with van der Waals surface area (Å²) in [6, 6.07) is 16.9. The van der Waals surface area contributed by atoms with E-state index in [1.807, 2.05) is 30.3 Å². The van der Waals surface area contributed by atoms with Gasteiger partial charge in [0.25, 0.3) is 10.0 Å². The number of hydrogen-bond acceptors (Lipinski definition) is 5. The molecule has 2 aliphatic rings. The van der Waals surface area contributed by atoms with E-state index in [0.717, 1.165) is 22.7 Å². The Morgan fingerprint density at radius 3 is 2.35 bits per heavy atom. The monoisotopic (exact) mass is 622 g/mol. The second-order valence-corrected chi connectivity index (χ2v) is 13.3. The highest BCUT2D eigenvalue weighted by molar-refractivity contribution is 7.93. The molecule has 0 unspecified atom stereocenters. The predicted octanol–water partition coefficient (Wildman–Crippen LogP) is 4.56. The summed E-state index contributed by atoms with van der Waals surface area (Å²) in [6.07, 6.45) is 1.64. The van der Waals surface area contributed by atoms with Gasteiger partial charge in [-0.3, -0.25) is 18.7 Å². The zero-order chi connectivity index (χ0) is 30.9. The lowest BCUT2D eigenvalue weighted by atomic mass is 10.0. The van der Waals surface area contributed by atoms with Gasteiger partial charge in [-0.25, -0.2) is 8.42 Å². The van der Waals surface area contributed by atoms with Gasteiger partial charge in [0.15, 0.2) is 0 Å². The van der Waals surface area contributed by atoms with Crippen molar-refractivity contribution in [2.24, 2.45) is 0 Å². The number of nitrogens with one attached hydrogen (secondary N) is 1. The molecule has 3 amide bonds. The van der Waals surface area contributed by atoms with Crippen molar-refractivity contribution in [3.05, 3.63) is 88.4 Å². The molecule has 1 N–H and O–H groups in total. The summed E-state index contributed by atoms with van der Waals surface area (Å²) in [7, 11) is -2.78. The molecular formula is C32H35ClN4O5S. The Morgan fingerprint density at radius 1 is 1.00 bits per heavy atom. The maximum Gasteiger partial charge on any atom is 0.265 e. The summed E-state index contributed by atoms with van der Waals surface area (Å²) in [4.78, 5) is 44.2. The molecule has 2 aliphatic heterocycles. The van der Waals surface area contributed by atoms with E-state index in [1.54, 1.807) is 56.1 Å². The Hall–Kier alpha value is -3.89. The molecule has 5 rings (SSSR count). The lowest BCUT2D eigenvalue weighted by Gasteiger charge is -2.38. The molecule has 226 valence electrons. The van der Waals surface area contributed by atoms with Gasteiger partial charge in [0.2, 0.25) is 17.7 Å². The Kier molecular flexibility index (Phi) is 8.80. The van der Waals surface area contributed by atoms with Crippen LogP contribution < -0.4 is 9.62 Å². The van der Waals surface area contributed by atoms with Crippen molar-refractivity contribution >= 4 is 50.7 Å². The summed E-state index contributed by atoms with van der Waals surface area (Å²) in [5.41, 5.74) is 2.45. The van der Waals surface area contributed by atoms with Gasteiger partial charge in [-0.2, -0.15) is 0 Å². The molecule has 0 saturated carbocycles. The van der Waals surface area contributed by atoms with Crippen LogP contribution in [0.15, 0.2) is 71.6 Å². The number of rotatable bonds is 8. The summed E-state index contributed by atoms with van der Waals surface area (Å²) in [6.45, 7) is 4.60. The topological polar surface area (TPSA) is 107 Å². The minimum Gasteiger partial charge on any atom is -0.341 e. The van der Waals surface area contributed by atoms with Gasteiger partial charge in [-0.1, -0.05) is 54.1 Å². The van der Waals surface area contributed by atoms with E-state index in [0.29, 0.717) is 41.3 Å². The number of hydrogen-bond donors (Lipinski definition) is 1. The number of aryl methyl sites for hydroxylation is 2. The molecular weight excluding hydrogens is 588 g/mol. The number of nitrogens with zero attached hydrogens (tertiary/aromatic N) is 3. The number of halogens is 1. The summed E-state index contributed by atoms with van der Waals surface area (Å²) < 4.78 is 29.7. The van der Waals surface area contributed by atoms with Gasteiger partial charge in [-0.15, -0.1) is 0 Å². The normalized spacial score (nSPS) is 17.3. The number of likely N-dealkylation sites (tertiary alicyclic amines) is 1. The van der Waals surface area contributed by atoms with Crippen molar-refractivity contribution in [3.8, 4) is 0 Å². The van der Waals surface area contributed by atoms with Crippen molar-refractivity contribution in [1.82, 2.24) is 9.80 Å². The quantitative estimate of drug-likeness (QED) is 0.397. The van der Waals surface area contributed by atoms with Gasteiger partial charge in [0, 0.05) is 31.6 Å². The van der Waals surface area contributed by atoms with Gasteiger partial charge in [0.1, 0.15) is 12.1 Å². The number of carbonyl (C=O) groups is 3. The molecule has 0 aliphatic carbocycles. The average Bonchev–Trinajstić information content (AvgIpc) is 3.53. The highest BCUT2D eigenvalue weighted by Crippen LogP contribution is 2.39. The molecule has 0 aromatic heterocycles.